The second-order valence-electron chi connectivity index (χ2n) is 0.979. The summed E-state index contributed by atoms with van der Waals surface area (Å²) in [4.78, 5) is 0. The van der Waals surface area contributed by atoms with Gasteiger partial charge in [-0.15, -0.1) is 0 Å². The van der Waals surface area contributed by atoms with Crippen LogP contribution in [0.15, 0.2) is 10.7 Å². The van der Waals surface area contributed by atoms with Crippen LogP contribution in [0.5, 0.6) is 5.95 Å². The van der Waals surface area contributed by atoms with E-state index < -0.39 is 0 Å². The standard InChI is InChI=1S/C3H2ClNO2/c4-2-1-5-7-3(2)6/h1,6H. The summed E-state index contributed by atoms with van der Waals surface area (Å²) in [6.07, 6.45) is 1.22. The average molecular weight is 120 g/mol. The maximum atomic E-state index is 8.40. The van der Waals surface area contributed by atoms with Crippen LogP contribution in [0.4, 0.5) is 0 Å². The van der Waals surface area contributed by atoms with Gasteiger partial charge in [-0.2, -0.15) is 0 Å². The Kier molecular flexibility index (Phi) is 0.906. The molecule has 0 saturated heterocycles. The van der Waals surface area contributed by atoms with E-state index in [2.05, 4.69) is 9.68 Å². The van der Waals surface area contributed by atoms with Crippen molar-refractivity contribution in [3.8, 4) is 5.95 Å². The first-order chi connectivity index (χ1) is 3.30. The van der Waals surface area contributed by atoms with Gasteiger partial charge in [0.1, 0.15) is 5.02 Å². The molecule has 0 aliphatic heterocycles. The Hall–Kier alpha value is -0.700. The number of hydrogen-bond donors (Lipinski definition) is 1. The van der Waals surface area contributed by atoms with Crippen molar-refractivity contribution >= 4 is 11.6 Å². The van der Waals surface area contributed by atoms with E-state index in [4.69, 9.17) is 16.7 Å². The highest BCUT2D eigenvalue weighted by Gasteiger charge is 1.98. The van der Waals surface area contributed by atoms with Crippen LogP contribution in [0.3, 0.4) is 0 Å². The zero-order valence-corrected chi connectivity index (χ0v) is 4.01. The van der Waals surface area contributed by atoms with E-state index in [0.717, 1.165) is 0 Å². The fourth-order valence-corrected chi connectivity index (χ4v) is 0.296. The normalized spacial score (nSPS) is 9.29. The highest BCUT2D eigenvalue weighted by Crippen LogP contribution is 2.19. The van der Waals surface area contributed by atoms with E-state index >= 15 is 0 Å². The second kappa shape index (κ2) is 1.42. The molecule has 38 valence electrons. The second-order valence-corrected chi connectivity index (χ2v) is 1.39. The molecule has 4 heteroatoms. The van der Waals surface area contributed by atoms with Crippen LogP contribution in [0.2, 0.25) is 5.02 Å². The molecular formula is C3H2ClNO2. The molecule has 1 heterocycles. The van der Waals surface area contributed by atoms with E-state index in [1.165, 1.54) is 6.20 Å². The fourth-order valence-electron chi connectivity index (χ4n) is 0.221. The van der Waals surface area contributed by atoms with Gasteiger partial charge in [0.25, 0.3) is 0 Å². The average Bonchev–Trinajstić information content (AvgIpc) is 1.91. The molecule has 1 aromatic heterocycles. The molecule has 0 unspecified atom stereocenters. The first-order valence-corrected chi connectivity index (χ1v) is 1.97. The molecule has 0 aliphatic carbocycles. The number of aromatic nitrogens is 1. The van der Waals surface area contributed by atoms with E-state index in [0.29, 0.717) is 0 Å². The molecule has 0 radical (unpaired) electrons. The van der Waals surface area contributed by atoms with Crippen LogP contribution < -0.4 is 0 Å². The molecule has 0 aromatic carbocycles. The van der Waals surface area contributed by atoms with E-state index in [1.54, 1.807) is 0 Å². The molecule has 3 nitrogen and oxygen atoms in total. The van der Waals surface area contributed by atoms with E-state index in [9.17, 15) is 0 Å². The Morgan fingerprint density at radius 1 is 1.86 bits per heavy atom. The molecule has 7 heavy (non-hydrogen) atoms. The first-order valence-electron chi connectivity index (χ1n) is 1.60. The number of nitrogens with zero attached hydrogens (tertiary/aromatic N) is 1. The zero-order valence-electron chi connectivity index (χ0n) is 3.26. The van der Waals surface area contributed by atoms with Gasteiger partial charge in [-0.05, 0) is 0 Å². The summed E-state index contributed by atoms with van der Waals surface area (Å²) in [5.74, 6) is -0.332. The largest absolute Gasteiger partial charge is 0.478 e. The van der Waals surface area contributed by atoms with Gasteiger partial charge in [-0.25, -0.2) is 0 Å². The summed E-state index contributed by atoms with van der Waals surface area (Å²) in [5.41, 5.74) is 0. The maximum absolute atomic E-state index is 8.40. The smallest absolute Gasteiger partial charge is 0.327 e. The Bertz CT molecular complexity index is 145. The van der Waals surface area contributed by atoms with Crippen LogP contribution >= 0.6 is 11.6 Å². The number of hydrogen-bond acceptors (Lipinski definition) is 3. The van der Waals surface area contributed by atoms with Gasteiger partial charge in [-0.1, -0.05) is 16.8 Å². The molecule has 0 amide bonds. The number of rotatable bonds is 0. The van der Waals surface area contributed by atoms with Crippen LogP contribution in [-0.4, -0.2) is 10.3 Å². The highest BCUT2D eigenvalue weighted by atomic mass is 35.5. The van der Waals surface area contributed by atoms with Crippen molar-refractivity contribution in [1.29, 1.82) is 0 Å². The minimum Gasteiger partial charge on any atom is -0.478 e. The Balaban J connectivity index is 3.12. The monoisotopic (exact) mass is 119 g/mol. The van der Waals surface area contributed by atoms with Crippen LogP contribution in [0, 0.1) is 0 Å². The maximum Gasteiger partial charge on any atom is 0.327 e. The van der Waals surface area contributed by atoms with Gasteiger partial charge < -0.3 is 9.63 Å². The SMILES string of the molecule is Oc1oncc1Cl. The van der Waals surface area contributed by atoms with Gasteiger partial charge in [0.15, 0.2) is 0 Å². The van der Waals surface area contributed by atoms with Crippen molar-refractivity contribution in [2.24, 2.45) is 0 Å². The highest BCUT2D eigenvalue weighted by molar-refractivity contribution is 6.31. The van der Waals surface area contributed by atoms with Gasteiger partial charge in [-0.3, -0.25) is 0 Å². The Labute approximate surface area is 44.5 Å². The molecule has 0 saturated carbocycles. The minimum atomic E-state index is -0.332. The summed E-state index contributed by atoms with van der Waals surface area (Å²) < 4.78 is 4.14. The quantitative estimate of drug-likeness (QED) is 0.555. The number of halogens is 1. The molecule has 0 aliphatic rings. The zero-order chi connectivity index (χ0) is 5.28. The van der Waals surface area contributed by atoms with Gasteiger partial charge in [0.05, 0.1) is 6.20 Å². The van der Waals surface area contributed by atoms with Crippen molar-refractivity contribution in [1.82, 2.24) is 5.16 Å². The van der Waals surface area contributed by atoms with Crippen molar-refractivity contribution in [2.75, 3.05) is 0 Å². The third-order valence-electron chi connectivity index (χ3n) is 0.510. The molecule has 0 bridgehead atoms. The fraction of sp³-hybridized carbons (Fsp3) is 0. The molecule has 0 spiro atoms. The lowest BCUT2D eigenvalue weighted by molar-refractivity contribution is 0.278. The third-order valence-corrected chi connectivity index (χ3v) is 0.769. The van der Waals surface area contributed by atoms with E-state index in [1.807, 2.05) is 0 Å². The molecule has 0 fully saturated rings. The molecule has 1 rings (SSSR count). The predicted molar refractivity (Wildman–Crippen MR) is 23.2 cm³/mol. The van der Waals surface area contributed by atoms with Gasteiger partial charge >= 0.3 is 5.95 Å². The predicted octanol–water partition coefficient (Wildman–Crippen LogP) is 1.03. The molecular weight excluding hydrogens is 117 g/mol. The summed E-state index contributed by atoms with van der Waals surface area (Å²) in [5, 5.41) is 11.7. The van der Waals surface area contributed by atoms with Crippen molar-refractivity contribution < 1.29 is 9.63 Å². The Morgan fingerprint density at radius 3 is 2.71 bits per heavy atom. The van der Waals surface area contributed by atoms with Crippen molar-refractivity contribution in [3.05, 3.63) is 11.2 Å². The topological polar surface area (TPSA) is 46.3 Å². The lowest BCUT2D eigenvalue weighted by atomic mass is 10.7. The summed E-state index contributed by atoms with van der Waals surface area (Å²) in [7, 11) is 0. The van der Waals surface area contributed by atoms with E-state index in [-0.39, 0.29) is 11.0 Å². The van der Waals surface area contributed by atoms with Crippen molar-refractivity contribution in [2.45, 2.75) is 0 Å². The van der Waals surface area contributed by atoms with Gasteiger partial charge in [0.2, 0.25) is 0 Å². The molecule has 1 aromatic rings. The summed E-state index contributed by atoms with van der Waals surface area (Å²) in [6, 6.07) is 0. The number of aromatic hydroxyl groups is 1. The van der Waals surface area contributed by atoms with Crippen molar-refractivity contribution in [3.63, 3.8) is 0 Å². The van der Waals surface area contributed by atoms with Crippen LogP contribution in [0.25, 0.3) is 0 Å². The first kappa shape index (κ1) is 4.46. The minimum absolute atomic E-state index is 0.139. The lowest BCUT2D eigenvalue weighted by Crippen LogP contribution is -1.48. The summed E-state index contributed by atoms with van der Waals surface area (Å²) in [6.45, 7) is 0. The lowest BCUT2D eigenvalue weighted by Gasteiger charge is -1.72. The third kappa shape index (κ3) is 0.667. The van der Waals surface area contributed by atoms with Crippen LogP contribution in [-0.2, 0) is 0 Å². The Morgan fingerprint density at radius 2 is 2.57 bits per heavy atom. The molecule has 1 N–H and O–H groups in total. The molecule has 0 atom stereocenters. The summed E-state index contributed by atoms with van der Waals surface area (Å²) >= 11 is 5.22. The van der Waals surface area contributed by atoms with Crippen LogP contribution in [0.1, 0.15) is 0 Å². The van der Waals surface area contributed by atoms with Gasteiger partial charge in [0, 0.05) is 0 Å².